The Morgan fingerprint density at radius 3 is 2.05 bits per heavy atom. The largest absolute Gasteiger partial charge is 0.508 e. The quantitative estimate of drug-likeness (QED) is 0.758. The van der Waals surface area contributed by atoms with Crippen LogP contribution in [-0.4, -0.2) is 16.5 Å². The predicted octanol–water partition coefficient (Wildman–Crippen LogP) is 4.04. The van der Waals surface area contributed by atoms with Crippen LogP contribution in [0, 0.1) is 5.92 Å². The lowest BCUT2D eigenvalue weighted by molar-refractivity contribution is -0.109. The average Bonchev–Trinajstić information content (AvgIpc) is 2.53. The lowest BCUT2D eigenvalue weighted by Gasteiger charge is -2.17. The van der Waals surface area contributed by atoms with E-state index in [1.807, 2.05) is 12.1 Å². The molecule has 116 valence electrons. The summed E-state index contributed by atoms with van der Waals surface area (Å²) in [4.78, 5) is 11.3. The van der Waals surface area contributed by atoms with Crippen LogP contribution in [0.25, 0.3) is 0 Å². The number of carbonyl (C=O) groups is 1. The van der Waals surface area contributed by atoms with E-state index < -0.39 is 0 Å². The van der Waals surface area contributed by atoms with Crippen molar-refractivity contribution in [1.29, 1.82) is 0 Å². The maximum atomic E-state index is 11.3. The summed E-state index contributed by atoms with van der Waals surface area (Å²) >= 11 is 0. The summed E-state index contributed by atoms with van der Waals surface area (Å²) in [6, 6.07) is 14.1. The number of hydrogen-bond donors (Lipinski definition) is 2. The number of benzene rings is 2. The fourth-order valence-electron chi connectivity index (χ4n) is 2.62. The lowest BCUT2D eigenvalue weighted by Crippen LogP contribution is -2.07. The molecule has 0 fully saturated rings. The Kier molecular flexibility index (Phi) is 5.59. The summed E-state index contributed by atoms with van der Waals surface area (Å²) in [5.74, 6) is 0.784. The topological polar surface area (TPSA) is 57.5 Å². The van der Waals surface area contributed by atoms with Crippen molar-refractivity contribution in [2.75, 3.05) is 0 Å². The van der Waals surface area contributed by atoms with Crippen molar-refractivity contribution < 1.29 is 15.0 Å². The number of phenolic OH excluding ortho intramolecular Hbond substituents is 2. The summed E-state index contributed by atoms with van der Waals surface area (Å²) in [6.07, 6.45) is 3.71. The van der Waals surface area contributed by atoms with Gasteiger partial charge in [-0.3, -0.25) is 0 Å². The molecule has 0 spiro atoms. The number of phenols is 2. The van der Waals surface area contributed by atoms with Crippen molar-refractivity contribution in [3.8, 4) is 11.5 Å². The third-order valence-corrected chi connectivity index (χ3v) is 4.00. The molecule has 0 radical (unpaired) electrons. The molecule has 3 heteroatoms. The standard InChI is InChI=1S/C19H22O3/c1-14(2-3-15-4-8-18(21)9-5-15)12-17(13-20)16-6-10-19(22)11-7-16/h4-11,13-14,17,21-22H,2-3,12H2,1H3. The highest BCUT2D eigenvalue weighted by Crippen LogP contribution is 2.26. The molecule has 2 aromatic rings. The first-order valence-electron chi connectivity index (χ1n) is 7.60. The summed E-state index contributed by atoms with van der Waals surface area (Å²) in [7, 11) is 0. The molecule has 0 amide bonds. The molecule has 0 aliphatic rings. The number of hydrogen-bond acceptors (Lipinski definition) is 3. The van der Waals surface area contributed by atoms with E-state index in [4.69, 9.17) is 0 Å². The Labute approximate surface area is 131 Å². The molecule has 2 aromatic carbocycles. The minimum absolute atomic E-state index is 0.129. The second-order valence-corrected chi connectivity index (χ2v) is 5.88. The molecule has 0 aliphatic heterocycles. The zero-order valence-electron chi connectivity index (χ0n) is 12.8. The van der Waals surface area contributed by atoms with Crippen LogP contribution in [-0.2, 0) is 11.2 Å². The minimum atomic E-state index is -0.129. The van der Waals surface area contributed by atoms with Gasteiger partial charge in [0, 0.05) is 5.92 Å². The predicted molar refractivity (Wildman–Crippen MR) is 87.1 cm³/mol. The smallest absolute Gasteiger partial charge is 0.127 e. The van der Waals surface area contributed by atoms with Crippen molar-refractivity contribution in [2.24, 2.45) is 5.92 Å². The Bertz CT molecular complexity index is 587. The molecule has 2 unspecified atom stereocenters. The van der Waals surface area contributed by atoms with E-state index in [9.17, 15) is 15.0 Å². The molecule has 0 saturated carbocycles. The van der Waals surface area contributed by atoms with Crippen molar-refractivity contribution >= 4 is 6.29 Å². The maximum Gasteiger partial charge on any atom is 0.127 e. The van der Waals surface area contributed by atoms with Gasteiger partial charge in [0.1, 0.15) is 17.8 Å². The van der Waals surface area contributed by atoms with Crippen LogP contribution in [0.1, 0.15) is 36.8 Å². The van der Waals surface area contributed by atoms with Gasteiger partial charge >= 0.3 is 0 Å². The van der Waals surface area contributed by atoms with E-state index in [-0.39, 0.29) is 17.4 Å². The van der Waals surface area contributed by atoms with Gasteiger partial charge in [0.05, 0.1) is 0 Å². The molecule has 0 aromatic heterocycles. The molecule has 0 saturated heterocycles. The third kappa shape index (κ3) is 4.62. The second kappa shape index (κ2) is 7.64. The van der Waals surface area contributed by atoms with Gasteiger partial charge in [0.2, 0.25) is 0 Å². The van der Waals surface area contributed by atoms with E-state index in [0.717, 1.165) is 31.1 Å². The van der Waals surface area contributed by atoms with Crippen LogP contribution in [0.15, 0.2) is 48.5 Å². The molecule has 3 nitrogen and oxygen atoms in total. The SMILES string of the molecule is CC(CCc1ccc(O)cc1)CC(C=O)c1ccc(O)cc1. The fourth-order valence-corrected chi connectivity index (χ4v) is 2.62. The summed E-state index contributed by atoms with van der Waals surface area (Å²) in [5, 5.41) is 18.6. The number of carbonyl (C=O) groups excluding carboxylic acids is 1. The van der Waals surface area contributed by atoms with Crippen LogP contribution >= 0.6 is 0 Å². The summed E-state index contributed by atoms with van der Waals surface area (Å²) in [5.41, 5.74) is 2.14. The van der Waals surface area contributed by atoms with Gasteiger partial charge in [-0.25, -0.2) is 0 Å². The van der Waals surface area contributed by atoms with Crippen LogP contribution in [0.3, 0.4) is 0 Å². The number of aromatic hydroxyl groups is 2. The van der Waals surface area contributed by atoms with Crippen molar-refractivity contribution in [1.82, 2.24) is 0 Å². The summed E-state index contributed by atoms with van der Waals surface area (Å²) < 4.78 is 0. The Balaban J connectivity index is 1.89. The normalized spacial score (nSPS) is 13.5. The van der Waals surface area contributed by atoms with Crippen molar-refractivity contribution in [3.05, 3.63) is 59.7 Å². The Morgan fingerprint density at radius 1 is 0.955 bits per heavy atom. The first kappa shape index (κ1) is 16.1. The highest BCUT2D eigenvalue weighted by molar-refractivity contribution is 5.62. The molecule has 0 bridgehead atoms. The van der Waals surface area contributed by atoms with Gasteiger partial charge < -0.3 is 15.0 Å². The van der Waals surface area contributed by atoms with Crippen LogP contribution in [0.2, 0.25) is 0 Å². The monoisotopic (exact) mass is 298 g/mol. The number of rotatable bonds is 7. The average molecular weight is 298 g/mol. The van der Waals surface area contributed by atoms with E-state index in [1.165, 1.54) is 5.56 Å². The van der Waals surface area contributed by atoms with E-state index in [0.29, 0.717) is 5.92 Å². The zero-order valence-corrected chi connectivity index (χ0v) is 12.8. The minimum Gasteiger partial charge on any atom is -0.508 e. The van der Waals surface area contributed by atoms with E-state index in [1.54, 1.807) is 36.4 Å². The van der Waals surface area contributed by atoms with Crippen molar-refractivity contribution in [3.63, 3.8) is 0 Å². The van der Waals surface area contributed by atoms with Gasteiger partial charge in [-0.15, -0.1) is 0 Å². The maximum absolute atomic E-state index is 11.3. The van der Waals surface area contributed by atoms with Gasteiger partial charge in [-0.1, -0.05) is 31.2 Å². The van der Waals surface area contributed by atoms with Gasteiger partial charge in [0.15, 0.2) is 0 Å². The van der Waals surface area contributed by atoms with Crippen molar-refractivity contribution in [2.45, 2.75) is 32.1 Å². The Hall–Kier alpha value is -2.29. The van der Waals surface area contributed by atoms with E-state index in [2.05, 4.69) is 6.92 Å². The molecule has 22 heavy (non-hydrogen) atoms. The molecule has 0 aliphatic carbocycles. The Morgan fingerprint density at radius 2 is 1.50 bits per heavy atom. The first-order valence-corrected chi connectivity index (χ1v) is 7.60. The molecular formula is C19H22O3. The highest BCUT2D eigenvalue weighted by atomic mass is 16.3. The number of aryl methyl sites for hydroxylation is 1. The summed E-state index contributed by atoms with van der Waals surface area (Å²) in [6.45, 7) is 2.15. The van der Waals surface area contributed by atoms with Crippen LogP contribution in [0.4, 0.5) is 0 Å². The second-order valence-electron chi connectivity index (χ2n) is 5.88. The molecular weight excluding hydrogens is 276 g/mol. The van der Waals surface area contributed by atoms with Gasteiger partial charge in [-0.05, 0) is 60.6 Å². The van der Waals surface area contributed by atoms with Crippen LogP contribution in [0.5, 0.6) is 11.5 Å². The first-order chi connectivity index (χ1) is 10.6. The zero-order chi connectivity index (χ0) is 15.9. The lowest BCUT2D eigenvalue weighted by atomic mass is 9.87. The molecule has 2 atom stereocenters. The van der Waals surface area contributed by atoms with Gasteiger partial charge in [0.25, 0.3) is 0 Å². The third-order valence-electron chi connectivity index (χ3n) is 4.00. The van der Waals surface area contributed by atoms with E-state index >= 15 is 0 Å². The van der Waals surface area contributed by atoms with Crippen LogP contribution < -0.4 is 0 Å². The highest BCUT2D eigenvalue weighted by Gasteiger charge is 2.15. The molecule has 2 rings (SSSR count). The fraction of sp³-hybridized carbons (Fsp3) is 0.316. The number of aldehydes is 1. The van der Waals surface area contributed by atoms with Gasteiger partial charge in [-0.2, -0.15) is 0 Å². The molecule has 2 N–H and O–H groups in total. The molecule has 0 heterocycles.